The van der Waals surface area contributed by atoms with E-state index in [1.165, 1.54) is 199 Å². The minimum absolute atomic E-state index is 0.00295. The third-order valence-corrected chi connectivity index (χ3v) is 11.8. The van der Waals surface area contributed by atoms with E-state index >= 15 is 0 Å². The van der Waals surface area contributed by atoms with Gasteiger partial charge in [-0.25, -0.2) is 0 Å². The first-order valence-corrected chi connectivity index (χ1v) is 25.4. The summed E-state index contributed by atoms with van der Waals surface area (Å²) in [5.41, 5.74) is 0. The van der Waals surface area contributed by atoms with Gasteiger partial charge in [0.15, 0.2) is 0 Å². The number of hydrogen-bond acceptors (Lipinski definition) is 5. The van der Waals surface area contributed by atoms with Crippen LogP contribution in [0.15, 0.2) is 12.2 Å². The molecule has 0 heterocycles. The first-order valence-electron chi connectivity index (χ1n) is 25.4. The van der Waals surface area contributed by atoms with Crippen molar-refractivity contribution < 1.29 is 24.5 Å². The van der Waals surface area contributed by atoms with E-state index in [2.05, 4.69) is 31.3 Å². The molecule has 0 fully saturated rings. The van der Waals surface area contributed by atoms with Gasteiger partial charge in [0, 0.05) is 12.8 Å². The Morgan fingerprint density at radius 3 is 1.28 bits per heavy atom. The van der Waals surface area contributed by atoms with Crippen molar-refractivity contribution in [2.75, 3.05) is 13.2 Å². The topological polar surface area (TPSA) is 95.9 Å². The fourth-order valence-corrected chi connectivity index (χ4v) is 7.87. The van der Waals surface area contributed by atoms with Crippen LogP contribution in [0, 0.1) is 0 Å². The van der Waals surface area contributed by atoms with Crippen LogP contribution < -0.4 is 5.32 Å². The number of ether oxygens (including phenoxy) is 1. The number of aliphatic hydroxyl groups is 2. The Balaban J connectivity index is 3.39. The summed E-state index contributed by atoms with van der Waals surface area (Å²) in [6, 6.07) is -0.542. The van der Waals surface area contributed by atoms with Crippen LogP contribution in [0.2, 0.25) is 0 Å². The zero-order valence-electron chi connectivity index (χ0n) is 38.3. The minimum atomic E-state index is -0.664. The monoisotopic (exact) mass is 806 g/mol. The number of carbonyl (C=O) groups excluding carboxylic acids is 2. The smallest absolute Gasteiger partial charge is 0.305 e. The molecular weight excluding hydrogens is 707 g/mol. The summed E-state index contributed by atoms with van der Waals surface area (Å²) < 4.78 is 5.45. The second kappa shape index (κ2) is 47.3. The average Bonchev–Trinajstić information content (AvgIpc) is 3.21. The van der Waals surface area contributed by atoms with Crippen molar-refractivity contribution in [2.45, 2.75) is 289 Å². The van der Waals surface area contributed by atoms with Crippen LogP contribution >= 0.6 is 0 Å². The minimum Gasteiger partial charge on any atom is -0.466 e. The molecule has 1 amide bonds. The van der Waals surface area contributed by atoms with E-state index in [0.717, 1.165) is 44.9 Å². The van der Waals surface area contributed by atoms with Crippen molar-refractivity contribution in [1.82, 2.24) is 5.32 Å². The van der Waals surface area contributed by atoms with Crippen molar-refractivity contribution in [1.29, 1.82) is 0 Å². The van der Waals surface area contributed by atoms with Crippen molar-refractivity contribution >= 4 is 11.9 Å². The molecule has 0 aromatic carbocycles. The van der Waals surface area contributed by atoms with Gasteiger partial charge in [-0.1, -0.05) is 225 Å². The fraction of sp³-hybridized carbons (Fsp3) is 0.922. The Kier molecular flexibility index (Phi) is 46.1. The predicted octanol–water partition coefficient (Wildman–Crippen LogP) is 15.0. The first kappa shape index (κ1) is 55.6. The second-order valence-electron chi connectivity index (χ2n) is 17.5. The largest absolute Gasteiger partial charge is 0.466 e. The van der Waals surface area contributed by atoms with Gasteiger partial charge >= 0.3 is 5.97 Å². The molecule has 6 nitrogen and oxygen atoms in total. The van der Waals surface area contributed by atoms with Crippen LogP contribution in [-0.4, -0.2) is 47.4 Å². The third kappa shape index (κ3) is 44.0. The Bertz CT molecular complexity index is 847. The number of esters is 1. The molecule has 6 heteroatoms. The van der Waals surface area contributed by atoms with Crippen LogP contribution in [0.3, 0.4) is 0 Å². The summed E-state index contributed by atoms with van der Waals surface area (Å²) in [7, 11) is 0. The molecule has 3 N–H and O–H groups in total. The van der Waals surface area contributed by atoms with E-state index in [-0.39, 0.29) is 18.5 Å². The number of amides is 1. The highest BCUT2D eigenvalue weighted by Gasteiger charge is 2.20. The van der Waals surface area contributed by atoms with Gasteiger partial charge in [0.1, 0.15) is 0 Å². The van der Waals surface area contributed by atoms with Crippen LogP contribution in [0.25, 0.3) is 0 Å². The molecule has 0 rings (SSSR count). The Labute approximate surface area is 355 Å². The van der Waals surface area contributed by atoms with Gasteiger partial charge in [0.25, 0.3) is 0 Å². The first-order chi connectivity index (χ1) is 28.0. The Morgan fingerprint density at radius 2 is 0.825 bits per heavy atom. The maximum atomic E-state index is 12.4. The molecule has 0 radical (unpaired) electrons. The van der Waals surface area contributed by atoms with Gasteiger partial charge in [-0.15, -0.1) is 0 Å². The summed E-state index contributed by atoms with van der Waals surface area (Å²) in [5, 5.41) is 23.1. The van der Waals surface area contributed by atoms with Gasteiger partial charge in [0.2, 0.25) is 5.91 Å². The summed E-state index contributed by atoms with van der Waals surface area (Å²) in [6.07, 6.45) is 53.3. The van der Waals surface area contributed by atoms with Crippen molar-refractivity contribution in [3.63, 3.8) is 0 Å². The standard InChI is InChI=1S/C51H99NO5/c1-3-5-7-9-11-13-15-25-29-33-37-41-45-51(56)57-46-42-38-34-30-26-23-21-19-17-16-18-20-22-24-28-32-36-40-44-50(55)52-48(47-53)49(54)43-39-35-31-27-14-12-10-8-6-4-2/h11,13,48-49,53-54H,3-10,12,14-47H2,1-2H3,(H,52,55)/b13-11-. The Hall–Kier alpha value is -1.40. The van der Waals surface area contributed by atoms with Crippen molar-refractivity contribution in [3.05, 3.63) is 12.2 Å². The van der Waals surface area contributed by atoms with E-state index in [1.807, 2.05) is 0 Å². The van der Waals surface area contributed by atoms with Gasteiger partial charge in [-0.2, -0.15) is 0 Å². The van der Waals surface area contributed by atoms with Crippen molar-refractivity contribution in [3.8, 4) is 0 Å². The SMILES string of the molecule is CCCCC/C=C\CCCCCCCC(=O)OCCCCCCCCCCCCCCCCCCCCC(=O)NC(CO)C(O)CCCCCCCCCCCC. The summed E-state index contributed by atoms with van der Waals surface area (Å²) in [4.78, 5) is 24.4. The zero-order chi connectivity index (χ0) is 41.5. The molecule has 2 atom stereocenters. The average molecular weight is 806 g/mol. The summed E-state index contributed by atoms with van der Waals surface area (Å²) in [5.74, 6) is -0.0435. The lowest BCUT2D eigenvalue weighted by Crippen LogP contribution is -2.45. The molecule has 0 aliphatic rings. The van der Waals surface area contributed by atoms with Gasteiger partial charge < -0.3 is 20.3 Å². The lowest BCUT2D eigenvalue weighted by molar-refractivity contribution is -0.143. The van der Waals surface area contributed by atoms with Gasteiger partial charge in [-0.3, -0.25) is 9.59 Å². The highest BCUT2D eigenvalue weighted by Crippen LogP contribution is 2.16. The predicted molar refractivity (Wildman–Crippen MR) is 246 cm³/mol. The van der Waals surface area contributed by atoms with E-state index in [0.29, 0.717) is 25.9 Å². The highest BCUT2D eigenvalue weighted by atomic mass is 16.5. The molecule has 0 aromatic heterocycles. The van der Waals surface area contributed by atoms with Gasteiger partial charge in [0.05, 0.1) is 25.4 Å². The lowest BCUT2D eigenvalue weighted by Gasteiger charge is -2.22. The maximum absolute atomic E-state index is 12.4. The molecular formula is C51H99NO5. The number of carbonyl (C=O) groups is 2. The van der Waals surface area contributed by atoms with Crippen LogP contribution in [0.4, 0.5) is 0 Å². The second-order valence-corrected chi connectivity index (χ2v) is 17.5. The molecule has 57 heavy (non-hydrogen) atoms. The number of nitrogens with one attached hydrogen (secondary N) is 1. The fourth-order valence-electron chi connectivity index (χ4n) is 7.87. The van der Waals surface area contributed by atoms with E-state index in [1.54, 1.807) is 0 Å². The molecule has 338 valence electrons. The number of hydrogen-bond donors (Lipinski definition) is 3. The number of unbranched alkanes of at least 4 members (excludes halogenated alkanes) is 34. The molecule has 0 aliphatic carbocycles. The maximum Gasteiger partial charge on any atom is 0.305 e. The van der Waals surface area contributed by atoms with Crippen molar-refractivity contribution in [2.24, 2.45) is 0 Å². The molecule has 0 aliphatic heterocycles. The summed E-state index contributed by atoms with van der Waals surface area (Å²) >= 11 is 0. The molecule has 0 saturated heterocycles. The number of aliphatic hydroxyl groups excluding tert-OH is 2. The van der Waals surface area contributed by atoms with E-state index in [9.17, 15) is 19.8 Å². The lowest BCUT2D eigenvalue weighted by atomic mass is 10.0. The third-order valence-electron chi connectivity index (χ3n) is 11.8. The van der Waals surface area contributed by atoms with Gasteiger partial charge in [-0.05, 0) is 51.4 Å². The zero-order valence-corrected chi connectivity index (χ0v) is 38.3. The van der Waals surface area contributed by atoms with Crippen LogP contribution in [0.5, 0.6) is 0 Å². The normalized spacial score (nSPS) is 12.7. The molecule has 0 saturated carbocycles. The number of rotatable bonds is 47. The Morgan fingerprint density at radius 1 is 0.474 bits per heavy atom. The van der Waals surface area contributed by atoms with Crippen LogP contribution in [-0.2, 0) is 14.3 Å². The number of allylic oxidation sites excluding steroid dienone is 2. The molecule has 0 aromatic rings. The molecule has 2 unspecified atom stereocenters. The summed E-state index contributed by atoms with van der Waals surface area (Å²) in [6.45, 7) is 4.90. The highest BCUT2D eigenvalue weighted by molar-refractivity contribution is 5.76. The molecule has 0 bridgehead atoms. The van der Waals surface area contributed by atoms with E-state index < -0.39 is 12.1 Å². The van der Waals surface area contributed by atoms with Crippen LogP contribution in [0.1, 0.15) is 277 Å². The molecule has 0 spiro atoms. The van der Waals surface area contributed by atoms with E-state index in [4.69, 9.17) is 4.74 Å². The quantitative estimate of drug-likeness (QED) is 0.0323.